The number of fused-ring (bicyclic) bond motifs is 3. The second-order valence-electron chi connectivity index (χ2n) is 8.98. The maximum Gasteiger partial charge on any atom is 0.345 e. The summed E-state index contributed by atoms with van der Waals surface area (Å²) in [6, 6.07) is 31.4. The number of amides is 1. The van der Waals surface area contributed by atoms with Gasteiger partial charge in [-0.05, 0) is 51.9 Å². The maximum absolute atomic E-state index is 13.2. The third kappa shape index (κ3) is 5.20. The average Bonchev–Trinajstić information content (AvgIpc) is 3.25. The van der Waals surface area contributed by atoms with Gasteiger partial charge in [0.25, 0.3) is 0 Å². The summed E-state index contributed by atoms with van der Waals surface area (Å²) in [5, 5.41) is 3.34. The van der Waals surface area contributed by atoms with Crippen LogP contribution >= 0.6 is 0 Å². The Hall–Kier alpha value is -4.55. The molecule has 0 aromatic heterocycles. The second kappa shape index (κ2) is 10.6. The van der Waals surface area contributed by atoms with Crippen LogP contribution in [0.2, 0.25) is 0 Å². The van der Waals surface area contributed by atoms with Gasteiger partial charge in [-0.1, -0.05) is 91.0 Å². The molecule has 1 aliphatic rings. The van der Waals surface area contributed by atoms with E-state index in [-0.39, 0.29) is 24.4 Å². The second-order valence-corrected chi connectivity index (χ2v) is 8.98. The summed E-state index contributed by atoms with van der Waals surface area (Å²) >= 11 is 0. The molecule has 0 saturated carbocycles. The number of carbonyl (C=O) groups excluding carboxylic acids is 3. The van der Waals surface area contributed by atoms with Crippen LogP contribution in [0.15, 0.2) is 103 Å². The summed E-state index contributed by atoms with van der Waals surface area (Å²) in [6.45, 7) is 0. The lowest BCUT2D eigenvalue weighted by Crippen LogP contribution is -2.41. The van der Waals surface area contributed by atoms with Gasteiger partial charge in [-0.2, -0.15) is 0 Å². The Morgan fingerprint density at radius 2 is 1.27 bits per heavy atom. The van der Waals surface area contributed by atoms with Gasteiger partial charge in [-0.3, -0.25) is 10.1 Å². The van der Waals surface area contributed by atoms with Crippen molar-refractivity contribution in [3.05, 3.63) is 120 Å². The van der Waals surface area contributed by atoms with Crippen LogP contribution < -0.4 is 11.1 Å². The molecule has 6 heteroatoms. The maximum atomic E-state index is 13.2. The summed E-state index contributed by atoms with van der Waals surface area (Å²) in [5.74, 6) is -2.03. The van der Waals surface area contributed by atoms with E-state index in [4.69, 9.17) is 10.5 Å². The van der Waals surface area contributed by atoms with Crippen LogP contribution in [0.5, 0.6) is 0 Å². The Balaban J connectivity index is 1.34. The first-order valence-electron chi connectivity index (χ1n) is 12.2. The topological polar surface area (TPSA) is 98.5 Å². The Bertz CT molecular complexity index is 1400. The zero-order chi connectivity index (χ0) is 25.8. The van der Waals surface area contributed by atoms with Crippen molar-refractivity contribution in [3.63, 3.8) is 0 Å². The first-order chi connectivity index (χ1) is 18.0. The highest BCUT2D eigenvalue weighted by atomic mass is 16.6. The van der Waals surface area contributed by atoms with Crippen LogP contribution in [0, 0.1) is 0 Å². The van der Waals surface area contributed by atoms with Crippen LogP contribution in [0.3, 0.4) is 0 Å². The summed E-state index contributed by atoms with van der Waals surface area (Å²) in [4.78, 5) is 37.5. The first kappa shape index (κ1) is 24.2. The van der Waals surface area contributed by atoms with Crippen LogP contribution in [-0.2, 0) is 14.3 Å². The van der Waals surface area contributed by atoms with Gasteiger partial charge in [0.2, 0.25) is 5.91 Å². The SMILES string of the molecule is NC(=O)CC[C@H](NC1c2ccccc2-c2ccccc21)C(=O)OC(=O)c1ccc(-c2ccccc2)cc1. The van der Waals surface area contributed by atoms with E-state index < -0.39 is 23.9 Å². The standard InChI is InChI=1S/C31H26N2O4/c32-28(34)19-18-27(33-29-25-12-6-4-10-23(25)24-11-5-7-13-26(24)29)31(36)37-30(35)22-16-14-21(15-17-22)20-8-2-1-3-9-20/h1-17,27,29,33H,18-19H2,(H2,32,34)/t27-/m0/s1. The lowest BCUT2D eigenvalue weighted by Gasteiger charge is -2.23. The average molecular weight is 491 g/mol. The van der Waals surface area contributed by atoms with Crippen molar-refractivity contribution in [2.24, 2.45) is 5.73 Å². The molecule has 0 fully saturated rings. The van der Waals surface area contributed by atoms with Gasteiger partial charge in [0.15, 0.2) is 0 Å². The number of nitrogens with one attached hydrogen (secondary N) is 1. The fraction of sp³-hybridized carbons (Fsp3) is 0.129. The third-order valence-electron chi connectivity index (χ3n) is 6.59. The number of carbonyl (C=O) groups is 3. The first-order valence-corrected chi connectivity index (χ1v) is 12.2. The van der Waals surface area contributed by atoms with E-state index in [1.165, 1.54) is 0 Å². The van der Waals surface area contributed by atoms with E-state index in [9.17, 15) is 14.4 Å². The van der Waals surface area contributed by atoms with Crippen LogP contribution in [0.25, 0.3) is 22.3 Å². The zero-order valence-electron chi connectivity index (χ0n) is 20.1. The molecular formula is C31H26N2O4. The van der Waals surface area contributed by atoms with E-state index >= 15 is 0 Å². The van der Waals surface area contributed by atoms with Crippen molar-refractivity contribution in [1.82, 2.24) is 5.32 Å². The minimum absolute atomic E-state index is 0.0251. The Labute approximate surface area is 215 Å². The molecule has 0 spiro atoms. The normalized spacial score (nSPS) is 12.9. The van der Waals surface area contributed by atoms with E-state index in [1.807, 2.05) is 91.0 Å². The van der Waals surface area contributed by atoms with Crippen molar-refractivity contribution >= 4 is 17.8 Å². The van der Waals surface area contributed by atoms with E-state index in [0.717, 1.165) is 33.4 Å². The summed E-state index contributed by atoms with van der Waals surface area (Å²) in [5.41, 5.74) is 11.8. The molecule has 0 unspecified atom stereocenters. The quantitative estimate of drug-likeness (QED) is 0.267. The molecule has 4 aromatic rings. The third-order valence-corrected chi connectivity index (χ3v) is 6.59. The number of primary amides is 1. The number of hydrogen-bond acceptors (Lipinski definition) is 5. The van der Waals surface area contributed by atoms with Crippen molar-refractivity contribution in [2.75, 3.05) is 0 Å². The highest BCUT2D eigenvalue weighted by Gasteiger charge is 2.33. The summed E-state index contributed by atoms with van der Waals surface area (Å²) in [7, 11) is 0. The molecule has 0 radical (unpaired) electrons. The Morgan fingerprint density at radius 1 is 0.730 bits per heavy atom. The number of hydrogen-bond donors (Lipinski definition) is 2. The molecule has 3 N–H and O–H groups in total. The van der Waals surface area contributed by atoms with Crippen LogP contribution in [-0.4, -0.2) is 23.9 Å². The lowest BCUT2D eigenvalue weighted by molar-refractivity contribution is -0.140. The van der Waals surface area contributed by atoms with Gasteiger partial charge >= 0.3 is 11.9 Å². The zero-order valence-corrected chi connectivity index (χ0v) is 20.1. The van der Waals surface area contributed by atoms with Crippen molar-refractivity contribution in [1.29, 1.82) is 0 Å². The monoisotopic (exact) mass is 490 g/mol. The van der Waals surface area contributed by atoms with E-state index in [0.29, 0.717) is 0 Å². The van der Waals surface area contributed by atoms with Crippen molar-refractivity contribution in [2.45, 2.75) is 24.9 Å². The summed E-state index contributed by atoms with van der Waals surface area (Å²) < 4.78 is 5.27. The number of ether oxygens (including phenoxy) is 1. The van der Waals surface area contributed by atoms with Gasteiger partial charge in [0.05, 0.1) is 11.6 Å². The van der Waals surface area contributed by atoms with Gasteiger partial charge in [-0.15, -0.1) is 0 Å². The van der Waals surface area contributed by atoms with E-state index in [2.05, 4.69) is 5.32 Å². The molecule has 4 aromatic carbocycles. The fourth-order valence-corrected chi connectivity index (χ4v) is 4.74. The van der Waals surface area contributed by atoms with Gasteiger partial charge < -0.3 is 10.5 Å². The van der Waals surface area contributed by atoms with Crippen LogP contribution in [0.1, 0.15) is 40.4 Å². The highest BCUT2D eigenvalue weighted by Crippen LogP contribution is 2.43. The molecular weight excluding hydrogens is 464 g/mol. The van der Waals surface area contributed by atoms with Gasteiger partial charge in [-0.25, -0.2) is 9.59 Å². The number of nitrogens with two attached hydrogens (primary N) is 1. The molecule has 1 aliphatic carbocycles. The Morgan fingerprint density at radius 3 is 1.86 bits per heavy atom. The molecule has 0 heterocycles. The molecule has 0 bridgehead atoms. The minimum Gasteiger partial charge on any atom is -0.388 e. The predicted octanol–water partition coefficient (Wildman–Crippen LogP) is 5.03. The Kier molecular flexibility index (Phi) is 6.92. The highest BCUT2D eigenvalue weighted by molar-refractivity contribution is 5.98. The molecule has 1 atom stereocenters. The van der Waals surface area contributed by atoms with Crippen LogP contribution in [0.4, 0.5) is 0 Å². The van der Waals surface area contributed by atoms with Crippen molar-refractivity contribution in [3.8, 4) is 22.3 Å². The molecule has 5 rings (SSSR count). The van der Waals surface area contributed by atoms with Gasteiger partial charge in [0.1, 0.15) is 6.04 Å². The fourth-order valence-electron chi connectivity index (χ4n) is 4.74. The molecule has 184 valence electrons. The molecule has 0 aliphatic heterocycles. The van der Waals surface area contributed by atoms with E-state index in [1.54, 1.807) is 12.1 Å². The minimum atomic E-state index is -0.913. The van der Waals surface area contributed by atoms with Crippen molar-refractivity contribution < 1.29 is 19.1 Å². The van der Waals surface area contributed by atoms with Gasteiger partial charge in [0, 0.05) is 6.42 Å². The molecule has 0 saturated heterocycles. The molecule has 1 amide bonds. The smallest absolute Gasteiger partial charge is 0.345 e. The number of benzene rings is 4. The predicted molar refractivity (Wildman–Crippen MR) is 141 cm³/mol. The summed E-state index contributed by atoms with van der Waals surface area (Å²) in [6.07, 6.45) is 0.0813. The number of esters is 2. The number of rotatable bonds is 8. The molecule has 37 heavy (non-hydrogen) atoms. The largest absolute Gasteiger partial charge is 0.388 e. The molecule has 6 nitrogen and oxygen atoms in total. The lowest BCUT2D eigenvalue weighted by atomic mass is 10.0.